The van der Waals surface area contributed by atoms with E-state index in [-0.39, 0.29) is 5.69 Å². The molecule has 0 spiro atoms. The quantitative estimate of drug-likeness (QED) is 0.395. The summed E-state index contributed by atoms with van der Waals surface area (Å²) >= 11 is 1.54. The van der Waals surface area contributed by atoms with Crippen molar-refractivity contribution < 1.29 is 13.5 Å². The van der Waals surface area contributed by atoms with E-state index in [1.165, 1.54) is 34.5 Å². The fourth-order valence-electron chi connectivity index (χ4n) is 4.94. The average Bonchev–Trinajstić information content (AvgIpc) is 3.48. The average molecular weight is 509 g/mol. The molecule has 0 atom stereocenters. The number of pyridine rings is 1. The second-order valence-electron chi connectivity index (χ2n) is 9.35. The number of ether oxygens (including phenoxy) is 1. The largest absolute Gasteiger partial charge is 0.491 e. The summed E-state index contributed by atoms with van der Waals surface area (Å²) < 4.78 is 35.4. The molecule has 6 rings (SSSR count). The molecule has 186 valence electrons. The number of benzene rings is 1. The minimum Gasteiger partial charge on any atom is -0.491 e. The number of aromatic nitrogens is 4. The van der Waals surface area contributed by atoms with Crippen LogP contribution in [0.2, 0.25) is 0 Å². The molecule has 1 fully saturated rings. The highest BCUT2D eigenvalue weighted by Crippen LogP contribution is 2.43. The van der Waals surface area contributed by atoms with Crippen LogP contribution in [0.15, 0.2) is 42.7 Å². The summed E-state index contributed by atoms with van der Waals surface area (Å²) in [7, 11) is 4.28. The predicted octanol–water partition coefficient (Wildman–Crippen LogP) is 4.80. The molecule has 2 aliphatic heterocycles. The van der Waals surface area contributed by atoms with E-state index in [4.69, 9.17) is 9.72 Å². The Labute approximate surface area is 212 Å². The van der Waals surface area contributed by atoms with Gasteiger partial charge in [0.1, 0.15) is 35.1 Å². The highest BCUT2D eigenvalue weighted by molar-refractivity contribution is 7.19. The van der Waals surface area contributed by atoms with Crippen LogP contribution < -0.4 is 9.64 Å². The molecule has 10 heteroatoms. The Kier molecular flexibility index (Phi) is 5.93. The van der Waals surface area contributed by atoms with E-state index in [2.05, 4.69) is 40.0 Å². The first kappa shape index (κ1) is 23.1. The lowest BCUT2D eigenvalue weighted by Gasteiger charge is -2.36. The van der Waals surface area contributed by atoms with Crippen LogP contribution in [-0.4, -0.2) is 64.5 Å². The molecule has 7 nitrogen and oxygen atoms in total. The van der Waals surface area contributed by atoms with Gasteiger partial charge in [0.15, 0.2) is 11.6 Å². The van der Waals surface area contributed by atoms with E-state index < -0.39 is 11.6 Å². The van der Waals surface area contributed by atoms with E-state index in [1.54, 1.807) is 0 Å². The van der Waals surface area contributed by atoms with Gasteiger partial charge >= 0.3 is 0 Å². The van der Waals surface area contributed by atoms with Crippen LogP contribution in [-0.2, 0) is 6.42 Å². The SMILES string of the molecule is CN(C)C1CCN(c2ccc3c(n2)-c2sc(-c4ncnn4-c4ccc(F)cc4F)cc2CCO3)CC1. The van der Waals surface area contributed by atoms with Crippen LogP contribution >= 0.6 is 11.3 Å². The molecule has 3 aromatic heterocycles. The van der Waals surface area contributed by atoms with Crippen LogP contribution in [0.3, 0.4) is 0 Å². The van der Waals surface area contributed by atoms with Gasteiger partial charge in [-0.25, -0.2) is 23.4 Å². The molecule has 0 radical (unpaired) electrons. The molecule has 0 N–H and O–H groups in total. The first-order chi connectivity index (χ1) is 17.5. The van der Waals surface area contributed by atoms with Gasteiger partial charge in [0.2, 0.25) is 0 Å². The molecule has 0 amide bonds. The van der Waals surface area contributed by atoms with Gasteiger partial charge in [0.05, 0.1) is 16.4 Å². The minimum absolute atomic E-state index is 0.151. The van der Waals surface area contributed by atoms with Gasteiger partial charge < -0.3 is 14.5 Å². The van der Waals surface area contributed by atoms with E-state index in [0.717, 1.165) is 71.0 Å². The first-order valence-electron chi connectivity index (χ1n) is 12.0. The third-order valence-electron chi connectivity index (χ3n) is 6.92. The molecule has 0 saturated carbocycles. The summed E-state index contributed by atoms with van der Waals surface area (Å²) in [5, 5.41) is 4.22. The number of anilines is 1. The Hall–Kier alpha value is -3.37. The van der Waals surface area contributed by atoms with Gasteiger partial charge in [-0.1, -0.05) is 0 Å². The number of hydrogen-bond acceptors (Lipinski definition) is 7. The summed E-state index contributed by atoms with van der Waals surface area (Å²) in [4.78, 5) is 16.0. The standard InChI is InChI=1S/C26H26F2N6OS/c1-32(2)18-7-10-33(11-8-18)23-6-5-21-24(31-23)25-16(9-12-35-21)13-22(36-25)26-29-15-30-34(26)20-4-3-17(27)14-19(20)28/h3-6,13-15,18H,7-12H2,1-2H3. The van der Waals surface area contributed by atoms with E-state index in [0.29, 0.717) is 18.5 Å². The van der Waals surface area contributed by atoms with E-state index in [1.807, 2.05) is 12.1 Å². The number of piperidine rings is 1. The lowest BCUT2D eigenvalue weighted by atomic mass is 10.0. The van der Waals surface area contributed by atoms with Gasteiger partial charge in [-0.3, -0.25) is 0 Å². The second kappa shape index (κ2) is 9.25. The maximum atomic E-state index is 14.5. The Balaban J connectivity index is 1.36. The lowest BCUT2D eigenvalue weighted by molar-refractivity contribution is 0.249. The van der Waals surface area contributed by atoms with Crippen molar-refractivity contribution in [1.82, 2.24) is 24.6 Å². The third kappa shape index (κ3) is 4.14. The maximum Gasteiger partial charge on any atom is 0.173 e. The number of thiophene rings is 1. The summed E-state index contributed by atoms with van der Waals surface area (Å²) in [6, 6.07) is 10.1. The van der Waals surface area contributed by atoms with Crippen LogP contribution in [0.1, 0.15) is 18.4 Å². The second-order valence-corrected chi connectivity index (χ2v) is 10.4. The highest BCUT2D eigenvalue weighted by atomic mass is 32.1. The number of nitrogens with zero attached hydrogens (tertiary/aromatic N) is 6. The van der Waals surface area contributed by atoms with Crippen LogP contribution in [0.4, 0.5) is 14.6 Å². The highest BCUT2D eigenvalue weighted by Gasteiger charge is 2.26. The zero-order chi connectivity index (χ0) is 24.8. The number of fused-ring (bicyclic) bond motifs is 3. The van der Waals surface area contributed by atoms with Crippen molar-refractivity contribution in [1.29, 1.82) is 0 Å². The van der Waals surface area contributed by atoms with Crippen molar-refractivity contribution in [3.8, 4) is 32.7 Å². The molecule has 36 heavy (non-hydrogen) atoms. The molecule has 0 bridgehead atoms. The summed E-state index contributed by atoms with van der Waals surface area (Å²) in [5.74, 6) is 0.894. The van der Waals surface area contributed by atoms with Crippen molar-refractivity contribution in [2.45, 2.75) is 25.3 Å². The van der Waals surface area contributed by atoms with Crippen LogP contribution in [0.5, 0.6) is 5.75 Å². The molecule has 1 aromatic carbocycles. The van der Waals surface area contributed by atoms with E-state index >= 15 is 0 Å². The molecule has 4 aromatic rings. The third-order valence-corrected chi connectivity index (χ3v) is 8.10. The van der Waals surface area contributed by atoms with Crippen molar-refractivity contribution in [3.05, 3.63) is 59.9 Å². The lowest BCUT2D eigenvalue weighted by Crippen LogP contribution is -2.42. The van der Waals surface area contributed by atoms with Gasteiger partial charge in [-0.05, 0) is 62.8 Å². The number of halogens is 2. The van der Waals surface area contributed by atoms with Crippen molar-refractivity contribution in [2.24, 2.45) is 0 Å². The number of hydrogen-bond donors (Lipinski definition) is 0. The van der Waals surface area contributed by atoms with Crippen LogP contribution in [0.25, 0.3) is 27.0 Å². The normalized spacial score (nSPS) is 16.0. The minimum atomic E-state index is -0.692. The van der Waals surface area contributed by atoms with Crippen molar-refractivity contribution in [2.75, 3.05) is 38.7 Å². The van der Waals surface area contributed by atoms with Crippen molar-refractivity contribution >= 4 is 17.2 Å². The Morgan fingerprint density at radius 3 is 2.69 bits per heavy atom. The van der Waals surface area contributed by atoms with Gasteiger partial charge in [0.25, 0.3) is 0 Å². The molecule has 5 heterocycles. The summed E-state index contributed by atoms with van der Waals surface area (Å²) in [5.41, 5.74) is 2.08. The Bertz CT molecular complexity index is 1410. The molecular formula is C26H26F2N6OS. The zero-order valence-corrected chi connectivity index (χ0v) is 20.9. The van der Waals surface area contributed by atoms with Gasteiger partial charge in [-0.15, -0.1) is 11.3 Å². The summed E-state index contributed by atoms with van der Waals surface area (Å²) in [6.07, 6.45) is 4.32. The Morgan fingerprint density at radius 1 is 1.08 bits per heavy atom. The van der Waals surface area contributed by atoms with Gasteiger partial charge in [-0.2, -0.15) is 5.10 Å². The Morgan fingerprint density at radius 2 is 1.92 bits per heavy atom. The molecule has 1 saturated heterocycles. The number of rotatable bonds is 4. The maximum absolute atomic E-state index is 14.5. The molecule has 2 aliphatic rings. The summed E-state index contributed by atoms with van der Waals surface area (Å²) in [6.45, 7) is 2.47. The van der Waals surface area contributed by atoms with E-state index in [9.17, 15) is 8.78 Å². The molecule has 0 aliphatic carbocycles. The predicted molar refractivity (Wildman–Crippen MR) is 136 cm³/mol. The fourth-order valence-corrected chi connectivity index (χ4v) is 6.12. The zero-order valence-electron chi connectivity index (χ0n) is 20.1. The van der Waals surface area contributed by atoms with Gasteiger partial charge in [0, 0.05) is 31.6 Å². The molecule has 0 unspecified atom stereocenters. The van der Waals surface area contributed by atoms with Crippen molar-refractivity contribution in [3.63, 3.8) is 0 Å². The first-order valence-corrected chi connectivity index (χ1v) is 12.8. The fraction of sp³-hybridized carbons (Fsp3) is 0.346. The molecular weight excluding hydrogens is 482 g/mol. The smallest absolute Gasteiger partial charge is 0.173 e. The topological polar surface area (TPSA) is 59.3 Å². The van der Waals surface area contributed by atoms with Crippen LogP contribution in [0, 0.1) is 11.6 Å². The monoisotopic (exact) mass is 508 g/mol.